The third-order valence-electron chi connectivity index (χ3n) is 4.00. The molecule has 3 rings (SSSR count). The SMILES string of the molecule is CN(C)c1nc2c(C(N)=O)cc(NC(=O)c3ccccc3C(F)(F)F)cc2[nH]1. The molecule has 4 N–H and O–H groups in total. The van der Waals surface area contributed by atoms with Crippen LogP contribution in [0.1, 0.15) is 26.3 Å². The highest BCUT2D eigenvalue weighted by atomic mass is 19.4. The monoisotopic (exact) mass is 391 g/mol. The summed E-state index contributed by atoms with van der Waals surface area (Å²) in [5.41, 5.74) is 4.64. The number of aromatic amines is 1. The molecule has 3 aromatic rings. The molecule has 2 amide bonds. The predicted octanol–water partition coefficient (Wildman–Crippen LogP) is 3.00. The molecule has 2 aromatic carbocycles. The van der Waals surface area contributed by atoms with Crippen LogP contribution in [0.3, 0.4) is 0 Å². The third-order valence-corrected chi connectivity index (χ3v) is 4.00. The van der Waals surface area contributed by atoms with Crippen molar-refractivity contribution >= 4 is 34.5 Å². The predicted molar refractivity (Wildman–Crippen MR) is 98.3 cm³/mol. The van der Waals surface area contributed by atoms with Gasteiger partial charge in [0.15, 0.2) is 0 Å². The van der Waals surface area contributed by atoms with Crippen LogP contribution in [0.25, 0.3) is 11.0 Å². The quantitative estimate of drug-likeness (QED) is 0.636. The van der Waals surface area contributed by atoms with Gasteiger partial charge in [0.1, 0.15) is 5.52 Å². The minimum Gasteiger partial charge on any atom is -0.366 e. The summed E-state index contributed by atoms with van der Waals surface area (Å²) in [4.78, 5) is 33.1. The molecule has 7 nitrogen and oxygen atoms in total. The normalized spacial score (nSPS) is 11.5. The van der Waals surface area contributed by atoms with E-state index in [1.54, 1.807) is 19.0 Å². The Kier molecular flexibility index (Phi) is 4.72. The minimum absolute atomic E-state index is 0.0289. The fourth-order valence-electron chi connectivity index (χ4n) is 2.70. The van der Waals surface area contributed by atoms with E-state index in [4.69, 9.17) is 5.73 Å². The first-order valence-corrected chi connectivity index (χ1v) is 8.06. The lowest BCUT2D eigenvalue weighted by molar-refractivity contribution is -0.137. The summed E-state index contributed by atoms with van der Waals surface area (Å²) < 4.78 is 39.4. The van der Waals surface area contributed by atoms with Crippen molar-refractivity contribution in [1.29, 1.82) is 0 Å². The molecule has 0 saturated heterocycles. The summed E-state index contributed by atoms with van der Waals surface area (Å²) in [6.07, 6.45) is -4.68. The van der Waals surface area contributed by atoms with Crippen LogP contribution in [0.15, 0.2) is 36.4 Å². The number of rotatable bonds is 4. The standard InChI is InChI=1S/C18H16F3N5O2/c1-26(2)17-24-13-8-9(7-11(15(22)27)14(13)25-17)23-16(28)10-5-3-4-6-12(10)18(19,20)21/h3-8H,1-2H3,(H2,22,27)(H,23,28)(H,24,25). The van der Waals surface area contributed by atoms with Gasteiger partial charge in [-0.2, -0.15) is 13.2 Å². The number of benzene rings is 2. The van der Waals surface area contributed by atoms with E-state index in [1.807, 2.05) is 0 Å². The molecule has 28 heavy (non-hydrogen) atoms. The van der Waals surface area contributed by atoms with Gasteiger partial charge in [0.05, 0.1) is 22.2 Å². The number of halogens is 3. The van der Waals surface area contributed by atoms with Gasteiger partial charge in [-0.3, -0.25) is 9.59 Å². The van der Waals surface area contributed by atoms with Gasteiger partial charge in [0.25, 0.3) is 11.8 Å². The van der Waals surface area contributed by atoms with Gasteiger partial charge in [-0.25, -0.2) is 4.98 Å². The first-order chi connectivity index (χ1) is 13.1. The number of carbonyl (C=O) groups is 2. The number of anilines is 2. The van der Waals surface area contributed by atoms with Crippen LogP contribution in [-0.2, 0) is 6.18 Å². The Morgan fingerprint density at radius 1 is 1.14 bits per heavy atom. The van der Waals surface area contributed by atoms with E-state index in [-0.39, 0.29) is 11.3 Å². The van der Waals surface area contributed by atoms with Gasteiger partial charge in [-0.15, -0.1) is 0 Å². The van der Waals surface area contributed by atoms with Crippen molar-refractivity contribution in [3.63, 3.8) is 0 Å². The molecule has 10 heteroatoms. The summed E-state index contributed by atoms with van der Waals surface area (Å²) in [7, 11) is 3.47. The molecular formula is C18H16F3N5O2. The molecule has 0 saturated carbocycles. The third kappa shape index (κ3) is 3.61. The number of nitrogens with zero attached hydrogens (tertiary/aromatic N) is 2. The first-order valence-electron chi connectivity index (χ1n) is 8.06. The van der Waals surface area contributed by atoms with Gasteiger partial charge in [0.2, 0.25) is 5.95 Å². The Bertz CT molecular complexity index is 1070. The summed E-state index contributed by atoms with van der Waals surface area (Å²) >= 11 is 0. The van der Waals surface area contributed by atoms with Gasteiger partial charge < -0.3 is 20.9 Å². The number of primary amides is 1. The molecule has 146 valence electrons. The highest BCUT2D eigenvalue weighted by Gasteiger charge is 2.34. The zero-order valence-electron chi connectivity index (χ0n) is 14.9. The largest absolute Gasteiger partial charge is 0.417 e. The maximum absolute atomic E-state index is 13.1. The molecule has 0 unspecified atom stereocenters. The second-order valence-electron chi connectivity index (χ2n) is 6.24. The van der Waals surface area contributed by atoms with E-state index in [1.165, 1.54) is 24.3 Å². The zero-order valence-corrected chi connectivity index (χ0v) is 14.9. The highest BCUT2D eigenvalue weighted by Crippen LogP contribution is 2.32. The van der Waals surface area contributed by atoms with Crippen LogP contribution >= 0.6 is 0 Å². The number of amides is 2. The Labute approximate surface area is 157 Å². The average molecular weight is 391 g/mol. The molecule has 0 spiro atoms. The Balaban J connectivity index is 2.03. The first kappa shape index (κ1) is 19.2. The highest BCUT2D eigenvalue weighted by molar-refractivity contribution is 6.10. The molecular weight excluding hydrogens is 375 g/mol. The maximum atomic E-state index is 13.1. The van der Waals surface area contributed by atoms with E-state index in [9.17, 15) is 22.8 Å². The minimum atomic E-state index is -4.68. The lowest BCUT2D eigenvalue weighted by Gasteiger charge is -2.13. The lowest BCUT2D eigenvalue weighted by atomic mass is 10.1. The van der Waals surface area contributed by atoms with Crippen molar-refractivity contribution in [2.24, 2.45) is 5.73 Å². The van der Waals surface area contributed by atoms with Crippen LogP contribution < -0.4 is 16.0 Å². The number of nitrogens with two attached hydrogens (primary N) is 1. The van der Waals surface area contributed by atoms with Crippen LogP contribution in [-0.4, -0.2) is 35.9 Å². The van der Waals surface area contributed by atoms with Gasteiger partial charge in [-0.1, -0.05) is 12.1 Å². The zero-order chi connectivity index (χ0) is 20.6. The number of imidazole rings is 1. The van der Waals surface area contributed by atoms with Gasteiger partial charge in [-0.05, 0) is 24.3 Å². The molecule has 0 atom stereocenters. The molecule has 0 aliphatic rings. The number of H-pyrrole nitrogens is 1. The number of aromatic nitrogens is 2. The Morgan fingerprint density at radius 3 is 2.43 bits per heavy atom. The van der Waals surface area contributed by atoms with Crippen molar-refractivity contribution in [3.8, 4) is 0 Å². The van der Waals surface area contributed by atoms with Crippen LogP contribution in [0.5, 0.6) is 0 Å². The molecule has 0 bridgehead atoms. The van der Waals surface area contributed by atoms with E-state index in [0.29, 0.717) is 17.0 Å². The summed E-state index contributed by atoms with van der Waals surface area (Å²) in [5, 5.41) is 2.39. The second-order valence-corrected chi connectivity index (χ2v) is 6.24. The number of hydrogen-bond acceptors (Lipinski definition) is 4. The molecule has 1 aromatic heterocycles. The Morgan fingerprint density at radius 2 is 1.82 bits per heavy atom. The lowest BCUT2D eigenvalue weighted by Crippen LogP contribution is -2.19. The smallest absolute Gasteiger partial charge is 0.366 e. The summed E-state index contributed by atoms with van der Waals surface area (Å²) in [6.45, 7) is 0. The van der Waals surface area contributed by atoms with Gasteiger partial charge >= 0.3 is 6.18 Å². The van der Waals surface area contributed by atoms with Crippen molar-refractivity contribution < 1.29 is 22.8 Å². The molecule has 1 heterocycles. The molecule has 0 aliphatic heterocycles. The van der Waals surface area contributed by atoms with Crippen LogP contribution in [0.4, 0.5) is 24.8 Å². The fraction of sp³-hybridized carbons (Fsp3) is 0.167. The van der Waals surface area contributed by atoms with Crippen molar-refractivity contribution in [1.82, 2.24) is 9.97 Å². The number of fused-ring (bicyclic) bond motifs is 1. The topological polar surface area (TPSA) is 104 Å². The fourth-order valence-corrected chi connectivity index (χ4v) is 2.70. The molecule has 0 aliphatic carbocycles. The number of carbonyl (C=O) groups excluding carboxylic acids is 2. The second kappa shape index (κ2) is 6.87. The average Bonchev–Trinajstić information content (AvgIpc) is 3.04. The Hall–Kier alpha value is -3.56. The van der Waals surface area contributed by atoms with Crippen LogP contribution in [0.2, 0.25) is 0 Å². The van der Waals surface area contributed by atoms with E-state index < -0.39 is 29.1 Å². The number of nitrogens with one attached hydrogen (secondary N) is 2. The summed E-state index contributed by atoms with van der Waals surface area (Å²) in [5.74, 6) is -1.30. The number of alkyl halides is 3. The van der Waals surface area contributed by atoms with Crippen molar-refractivity contribution in [2.75, 3.05) is 24.3 Å². The molecule has 0 fully saturated rings. The summed E-state index contributed by atoms with van der Waals surface area (Å²) in [6, 6.07) is 7.18. The van der Waals surface area contributed by atoms with Crippen molar-refractivity contribution in [3.05, 3.63) is 53.1 Å². The van der Waals surface area contributed by atoms with E-state index >= 15 is 0 Å². The number of hydrogen-bond donors (Lipinski definition) is 3. The van der Waals surface area contributed by atoms with Crippen molar-refractivity contribution in [2.45, 2.75) is 6.18 Å². The van der Waals surface area contributed by atoms with Crippen LogP contribution in [0, 0.1) is 0 Å². The van der Waals surface area contributed by atoms with E-state index in [2.05, 4.69) is 15.3 Å². The van der Waals surface area contributed by atoms with Gasteiger partial charge in [0, 0.05) is 19.8 Å². The maximum Gasteiger partial charge on any atom is 0.417 e. The molecule has 0 radical (unpaired) electrons. The van der Waals surface area contributed by atoms with E-state index in [0.717, 1.165) is 12.1 Å².